The number of amides is 1. The van der Waals surface area contributed by atoms with Gasteiger partial charge < -0.3 is 5.32 Å². The van der Waals surface area contributed by atoms with Crippen LogP contribution < -0.4 is 5.32 Å². The van der Waals surface area contributed by atoms with E-state index in [1.54, 1.807) is 17.8 Å². The van der Waals surface area contributed by atoms with Crippen LogP contribution in [0.25, 0.3) is 0 Å². The molecule has 1 amide bonds. The zero-order valence-electron chi connectivity index (χ0n) is 13.2. The van der Waals surface area contributed by atoms with E-state index in [0.717, 1.165) is 5.69 Å². The standard InChI is InChI=1S/C14H23N3O3S/c1-9-11(8-15-17(9)14(3,4)5)13(18)16-12-6-7-21(19,20)10(12)2/h8,10,12H,6-7H2,1-5H3,(H,16,18)/t10-,12-/m0/s1. The van der Waals surface area contributed by atoms with Crippen molar-refractivity contribution < 1.29 is 13.2 Å². The number of hydrogen-bond donors (Lipinski definition) is 1. The van der Waals surface area contributed by atoms with Crippen LogP contribution in [0.4, 0.5) is 0 Å². The number of nitrogens with zero attached hydrogens (tertiary/aromatic N) is 2. The Hall–Kier alpha value is -1.37. The van der Waals surface area contributed by atoms with Crippen LogP contribution in [0.5, 0.6) is 0 Å². The predicted molar refractivity (Wildman–Crippen MR) is 81.1 cm³/mol. The lowest BCUT2D eigenvalue weighted by Gasteiger charge is -2.21. The van der Waals surface area contributed by atoms with E-state index < -0.39 is 15.1 Å². The van der Waals surface area contributed by atoms with Crippen molar-refractivity contribution in [2.75, 3.05) is 5.75 Å². The number of sulfone groups is 1. The molecule has 118 valence electrons. The van der Waals surface area contributed by atoms with Crippen molar-refractivity contribution in [3.05, 3.63) is 17.5 Å². The Morgan fingerprint density at radius 3 is 2.48 bits per heavy atom. The summed E-state index contributed by atoms with van der Waals surface area (Å²) in [6.07, 6.45) is 2.02. The molecule has 0 spiro atoms. The van der Waals surface area contributed by atoms with Gasteiger partial charge in [0.15, 0.2) is 9.84 Å². The van der Waals surface area contributed by atoms with E-state index in [-0.39, 0.29) is 23.2 Å². The Morgan fingerprint density at radius 1 is 1.43 bits per heavy atom. The summed E-state index contributed by atoms with van der Waals surface area (Å²) in [6.45, 7) is 9.54. The maximum Gasteiger partial charge on any atom is 0.255 e. The molecule has 1 aliphatic heterocycles. The summed E-state index contributed by atoms with van der Waals surface area (Å²) in [5.41, 5.74) is 1.09. The van der Waals surface area contributed by atoms with Crippen molar-refractivity contribution in [1.29, 1.82) is 0 Å². The Balaban J connectivity index is 2.18. The lowest BCUT2D eigenvalue weighted by molar-refractivity contribution is 0.0936. The summed E-state index contributed by atoms with van der Waals surface area (Å²) in [5.74, 6) is -0.115. The molecule has 21 heavy (non-hydrogen) atoms. The van der Waals surface area contributed by atoms with Crippen LogP contribution in [-0.4, -0.2) is 41.2 Å². The Labute approximate surface area is 125 Å². The minimum Gasteiger partial charge on any atom is -0.348 e. The van der Waals surface area contributed by atoms with Crippen molar-refractivity contribution in [3.8, 4) is 0 Å². The van der Waals surface area contributed by atoms with Gasteiger partial charge in [0.1, 0.15) is 0 Å². The summed E-state index contributed by atoms with van der Waals surface area (Å²) in [6, 6.07) is -0.320. The third kappa shape index (κ3) is 2.97. The van der Waals surface area contributed by atoms with E-state index in [0.29, 0.717) is 12.0 Å². The molecule has 0 unspecified atom stereocenters. The second-order valence-electron chi connectivity index (χ2n) is 6.67. The fourth-order valence-electron chi connectivity index (χ4n) is 2.71. The highest BCUT2D eigenvalue weighted by Gasteiger charge is 2.38. The van der Waals surface area contributed by atoms with Gasteiger partial charge in [0.25, 0.3) is 5.91 Å². The quantitative estimate of drug-likeness (QED) is 0.891. The molecule has 0 bridgehead atoms. The van der Waals surface area contributed by atoms with Gasteiger partial charge in [0.2, 0.25) is 0 Å². The number of hydrogen-bond acceptors (Lipinski definition) is 4. The minimum atomic E-state index is -3.07. The molecule has 1 N–H and O–H groups in total. The van der Waals surface area contributed by atoms with Gasteiger partial charge in [-0.1, -0.05) is 0 Å². The first-order valence-corrected chi connectivity index (χ1v) is 8.83. The van der Waals surface area contributed by atoms with Crippen molar-refractivity contribution >= 4 is 15.7 Å². The molecule has 2 rings (SSSR count). The zero-order valence-corrected chi connectivity index (χ0v) is 14.0. The summed E-state index contributed by atoms with van der Waals surface area (Å²) in [7, 11) is -3.07. The second kappa shape index (κ2) is 5.12. The first kappa shape index (κ1) is 16.0. The number of carbonyl (C=O) groups excluding carboxylic acids is 1. The number of rotatable bonds is 2. The number of carbonyl (C=O) groups is 1. The first-order valence-electron chi connectivity index (χ1n) is 7.11. The molecule has 2 atom stereocenters. The summed E-state index contributed by atoms with van der Waals surface area (Å²) in [5, 5.41) is 6.57. The Bertz CT molecular complexity index is 655. The van der Waals surface area contributed by atoms with Crippen LogP contribution >= 0.6 is 0 Å². The molecule has 0 radical (unpaired) electrons. The third-order valence-corrected chi connectivity index (χ3v) is 6.32. The second-order valence-corrected chi connectivity index (χ2v) is 9.14. The van der Waals surface area contributed by atoms with Crippen molar-refractivity contribution in [2.24, 2.45) is 0 Å². The third-order valence-electron chi connectivity index (χ3n) is 4.05. The van der Waals surface area contributed by atoms with Crippen LogP contribution in [0.2, 0.25) is 0 Å². The molecule has 1 aliphatic rings. The Morgan fingerprint density at radius 2 is 2.05 bits per heavy atom. The molecule has 2 heterocycles. The highest BCUT2D eigenvalue weighted by atomic mass is 32.2. The summed E-state index contributed by atoms with van der Waals surface area (Å²) >= 11 is 0. The monoisotopic (exact) mass is 313 g/mol. The van der Waals surface area contributed by atoms with Crippen LogP contribution in [-0.2, 0) is 15.4 Å². The van der Waals surface area contributed by atoms with E-state index >= 15 is 0 Å². The minimum absolute atomic E-state index is 0.138. The van der Waals surface area contributed by atoms with Gasteiger partial charge in [-0.05, 0) is 41.0 Å². The van der Waals surface area contributed by atoms with Crippen LogP contribution in [0, 0.1) is 6.92 Å². The van der Waals surface area contributed by atoms with Gasteiger partial charge >= 0.3 is 0 Å². The average molecular weight is 313 g/mol. The lowest BCUT2D eigenvalue weighted by atomic mass is 10.1. The smallest absolute Gasteiger partial charge is 0.255 e. The number of nitrogens with one attached hydrogen (secondary N) is 1. The highest BCUT2D eigenvalue weighted by molar-refractivity contribution is 7.92. The molecule has 0 aromatic carbocycles. The summed E-state index contributed by atoms with van der Waals surface area (Å²) in [4.78, 5) is 12.4. The van der Waals surface area contributed by atoms with E-state index in [9.17, 15) is 13.2 Å². The van der Waals surface area contributed by atoms with Gasteiger partial charge in [-0.3, -0.25) is 9.48 Å². The first-order chi connectivity index (χ1) is 9.54. The molecule has 1 aromatic rings. The van der Waals surface area contributed by atoms with Crippen LogP contribution in [0.3, 0.4) is 0 Å². The zero-order chi connectivity index (χ0) is 16.0. The predicted octanol–water partition coefficient (Wildman–Crippen LogP) is 1.25. The molecule has 7 heteroatoms. The molecule has 0 saturated carbocycles. The van der Waals surface area contributed by atoms with Gasteiger partial charge in [0, 0.05) is 11.7 Å². The highest BCUT2D eigenvalue weighted by Crippen LogP contribution is 2.22. The van der Waals surface area contributed by atoms with E-state index in [1.165, 1.54) is 0 Å². The molecular weight excluding hydrogens is 290 g/mol. The van der Waals surface area contributed by atoms with E-state index in [4.69, 9.17) is 0 Å². The topological polar surface area (TPSA) is 81.1 Å². The average Bonchev–Trinajstić information content (AvgIpc) is 2.84. The summed E-state index contributed by atoms with van der Waals surface area (Å²) < 4.78 is 25.3. The molecule has 0 aliphatic carbocycles. The maximum absolute atomic E-state index is 12.4. The van der Waals surface area contributed by atoms with Crippen molar-refractivity contribution in [3.63, 3.8) is 0 Å². The van der Waals surface area contributed by atoms with E-state index in [1.807, 2.05) is 27.7 Å². The van der Waals surface area contributed by atoms with Crippen molar-refractivity contribution in [2.45, 2.75) is 57.9 Å². The SMILES string of the molecule is Cc1c(C(=O)N[C@H]2CCS(=O)(=O)[C@H]2C)cnn1C(C)(C)C. The maximum atomic E-state index is 12.4. The van der Waals surface area contributed by atoms with Crippen LogP contribution in [0.1, 0.15) is 50.2 Å². The fraction of sp³-hybridized carbons (Fsp3) is 0.714. The molecule has 1 saturated heterocycles. The van der Waals surface area contributed by atoms with Gasteiger partial charge in [-0.2, -0.15) is 5.10 Å². The van der Waals surface area contributed by atoms with Gasteiger partial charge in [-0.25, -0.2) is 8.42 Å². The molecule has 1 fully saturated rings. The van der Waals surface area contributed by atoms with Gasteiger partial charge in [-0.15, -0.1) is 0 Å². The Kier molecular flexibility index (Phi) is 3.90. The fourth-order valence-corrected chi connectivity index (χ4v) is 4.37. The van der Waals surface area contributed by atoms with Crippen LogP contribution in [0.15, 0.2) is 6.20 Å². The molecule has 6 nitrogen and oxygen atoms in total. The molecule has 1 aromatic heterocycles. The largest absolute Gasteiger partial charge is 0.348 e. The van der Waals surface area contributed by atoms with Gasteiger partial charge in [0.05, 0.1) is 28.3 Å². The normalized spacial score (nSPS) is 25.0. The van der Waals surface area contributed by atoms with Crippen molar-refractivity contribution in [1.82, 2.24) is 15.1 Å². The lowest BCUT2D eigenvalue weighted by Crippen LogP contribution is -2.40. The number of aromatic nitrogens is 2. The molecular formula is C14H23N3O3S. The van der Waals surface area contributed by atoms with E-state index in [2.05, 4.69) is 10.4 Å².